The number of aliphatic hydroxyl groups is 1. The monoisotopic (exact) mass is 346 g/mol. The Morgan fingerprint density at radius 1 is 0.920 bits per heavy atom. The first-order valence-corrected chi connectivity index (χ1v) is 11.2. The molecule has 1 aliphatic heterocycles. The number of ether oxygens (including phenoxy) is 1. The van der Waals surface area contributed by atoms with Gasteiger partial charge in [0.05, 0.1) is 17.8 Å². The predicted molar refractivity (Wildman–Crippen MR) is 100 cm³/mol. The Kier molecular flexibility index (Phi) is 3.73. The fourth-order valence-electron chi connectivity index (χ4n) is 8.60. The van der Waals surface area contributed by atoms with E-state index in [4.69, 9.17) is 4.74 Å². The molecule has 0 aromatic carbocycles. The van der Waals surface area contributed by atoms with E-state index < -0.39 is 0 Å². The van der Waals surface area contributed by atoms with Crippen LogP contribution in [0.5, 0.6) is 0 Å². The SMILES string of the molecule is CC[C@@]1(O)CC[C@H]2[C@@H](CC[C@@H]3[C@@H]2CC[C@]2(C)[C@@H](C4(C)CO4)CC[C@@H]32)C1. The highest BCUT2D eigenvalue weighted by Gasteiger charge is 2.63. The van der Waals surface area contributed by atoms with Crippen molar-refractivity contribution in [3.05, 3.63) is 0 Å². The average molecular weight is 347 g/mol. The van der Waals surface area contributed by atoms with E-state index >= 15 is 0 Å². The van der Waals surface area contributed by atoms with Crippen LogP contribution in [0.1, 0.15) is 85.0 Å². The quantitative estimate of drug-likeness (QED) is 0.698. The zero-order valence-electron chi connectivity index (χ0n) is 16.6. The normalized spacial score (nSPS) is 60.5. The molecule has 1 saturated heterocycles. The van der Waals surface area contributed by atoms with Crippen molar-refractivity contribution >= 4 is 0 Å². The maximum atomic E-state index is 10.8. The van der Waals surface area contributed by atoms with Crippen LogP contribution in [0.15, 0.2) is 0 Å². The zero-order chi connectivity index (χ0) is 17.4. The third kappa shape index (κ3) is 2.42. The molecule has 4 saturated carbocycles. The minimum Gasteiger partial charge on any atom is -0.390 e. The molecule has 5 fully saturated rings. The molecule has 5 aliphatic rings. The first kappa shape index (κ1) is 17.0. The molecule has 142 valence electrons. The third-order valence-corrected chi connectivity index (χ3v) is 10.1. The lowest BCUT2D eigenvalue weighted by Gasteiger charge is -2.57. The molecule has 1 heterocycles. The van der Waals surface area contributed by atoms with Crippen LogP contribution in [0.4, 0.5) is 0 Å². The van der Waals surface area contributed by atoms with Crippen LogP contribution in [-0.2, 0) is 4.74 Å². The van der Waals surface area contributed by atoms with Gasteiger partial charge in [-0.15, -0.1) is 0 Å². The van der Waals surface area contributed by atoms with Crippen molar-refractivity contribution in [3.63, 3.8) is 0 Å². The number of hydrogen-bond acceptors (Lipinski definition) is 2. The summed E-state index contributed by atoms with van der Waals surface area (Å²) in [5, 5.41) is 10.8. The second kappa shape index (κ2) is 5.47. The van der Waals surface area contributed by atoms with Crippen LogP contribution in [0.2, 0.25) is 0 Å². The molecule has 1 unspecified atom stereocenters. The summed E-state index contributed by atoms with van der Waals surface area (Å²) in [4.78, 5) is 0. The van der Waals surface area contributed by atoms with Crippen molar-refractivity contribution < 1.29 is 9.84 Å². The summed E-state index contributed by atoms with van der Waals surface area (Å²) in [7, 11) is 0. The molecule has 0 amide bonds. The van der Waals surface area contributed by atoms with Gasteiger partial charge in [-0.05, 0) is 112 Å². The zero-order valence-corrected chi connectivity index (χ0v) is 16.6. The van der Waals surface area contributed by atoms with Crippen molar-refractivity contribution in [1.82, 2.24) is 0 Å². The summed E-state index contributed by atoms with van der Waals surface area (Å²) in [6.07, 6.45) is 13.0. The van der Waals surface area contributed by atoms with Crippen molar-refractivity contribution in [2.24, 2.45) is 40.9 Å². The summed E-state index contributed by atoms with van der Waals surface area (Å²) in [6, 6.07) is 0. The Bertz CT molecular complexity index is 540. The average Bonchev–Trinajstić information content (AvgIpc) is 3.23. The molecule has 2 nitrogen and oxygen atoms in total. The molecule has 0 aromatic heterocycles. The van der Waals surface area contributed by atoms with E-state index in [1.165, 1.54) is 44.9 Å². The lowest BCUT2D eigenvalue weighted by molar-refractivity contribution is -0.110. The first-order valence-electron chi connectivity index (χ1n) is 11.2. The molecule has 1 N–H and O–H groups in total. The van der Waals surface area contributed by atoms with Crippen LogP contribution in [0, 0.1) is 40.9 Å². The van der Waals surface area contributed by atoms with Gasteiger partial charge in [0.2, 0.25) is 0 Å². The molecule has 2 heteroatoms. The maximum Gasteiger partial charge on any atom is 0.0921 e. The van der Waals surface area contributed by atoms with Crippen molar-refractivity contribution in [2.45, 2.75) is 96.2 Å². The van der Waals surface area contributed by atoms with Gasteiger partial charge < -0.3 is 9.84 Å². The van der Waals surface area contributed by atoms with E-state index in [0.29, 0.717) is 5.41 Å². The summed E-state index contributed by atoms with van der Waals surface area (Å²) < 4.78 is 5.92. The molecule has 25 heavy (non-hydrogen) atoms. The second-order valence-corrected chi connectivity index (χ2v) is 11.0. The lowest BCUT2D eigenvalue weighted by Crippen LogP contribution is -2.51. The molecular weight excluding hydrogens is 308 g/mol. The molecule has 9 atom stereocenters. The standard InChI is InChI=1S/C23H38O2/c1-4-23(24)12-10-16-15(13-23)5-6-18-17(16)9-11-21(2)19(18)7-8-20(21)22(3)14-25-22/h15-20,24H,4-14H2,1-3H3/t15-,16-,17+,18+,19-,20-,21-,22?,23+/m0/s1. The van der Waals surface area contributed by atoms with E-state index in [1.807, 2.05) is 0 Å². The highest BCUT2D eigenvalue weighted by molar-refractivity contribution is 5.12. The molecule has 0 radical (unpaired) electrons. The van der Waals surface area contributed by atoms with Crippen LogP contribution >= 0.6 is 0 Å². The predicted octanol–water partition coefficient (Wildman–Crippen LogP) is 5.19. The van der Waals surface area contributed by atoms with Crippen LogP contribution < -0.4 is 0 Å². The fourth-order valence-corrected chi connectivity index (χ4v) is 8.60. The number of epoxide rings is 1. The van der Waals surface area contributed by atoms with Crippen LogP contribution in [0.3, 0.4) is 0 Å². The van der Waals surface area contributed by atoms with Gasteiger partial charge in [0, 0.05) is 0 Å². The van der Waals surface area contributed by atoms with Gasteiger partial charge in [-0.3, -0.25) is 0 Å². The first-order chi connectivity index (χ1) is 11.9. The Labute approximate surface area is 154 Å². The van der Waals surface area contributed by atoms with Gasteiger partial charge in [0.15, 0.2) is 0 Å². The van der Waals surface area contributed by atoms with E-state index in [-0.39, 0.29) is 11.2 Å². The Morgan fingerprint density at radius 3 is 2.40 bits per heavy atom. The van der Waals surface area contributed by atoms with Crippen LogP contribution in [-0.4, -0.2) is 22.9 Å². The van der Waals surface area contributed by atoms with Crippen LogP contribution in [0.25, 0.3) is 0 Å². The highest BCUT2D eigenvalue weighted by Crippen LogP contribution is 2.67. The summed E-state index contributed by atoms with van der Waals surface area (Å²) in [5.74, 6) is 5.42. The summed E-state index contributed by atoms with van der Waals surface area (Å²) in [6.45, 7) is 8.19. The summed E-state index contributed by atoms with van der Waals surface area (Å²) >= 11 is 0. The Hall–Kier alpha value is -0.0800. The molecule has 0 bridgehead atoms. The smallest absolute Gasteiger partial charge is 0.0921 e. The molecule has 0 aromatic rings. The largest absolute Gasteiger partial charge is 0.390 e. The van der Waals surface area contributed by atoms with E-state index in [0.717, 1.165) is 61.4 Å². The second-order valence-electron chi connectivity index (χ2n) is 11.0. The molecular formula is C23H38O2. The van der Waals surface area contributed by atoms with Crippen molar-refractivity contribution in [3.8, 4) is 0 Å². The molecule has 4 aliphatic carbocycles. The van der Waals surface area contributed by atoms with Gasteiger partial charge in [-0.2, -0.15) is 0 Å². The van der Waals surface area contributed by atoms with Gasteiger partial charge in [0.25, 0.3) is 0 Å². The minimum atomic E-state index is -0.340. The Morgan fingerprint density at radius 2 is 1.68 bits per heavy atom. The van der Waals surface area contributed by atoms with E-state index in [2.05, 4.69) is 20.8 Å². The van der Waals surface area contributed by atoms with Crippen molar-refractivity contribution in [2.75, 3.05) is 6.61 Å². The van der Waals surface area contributed by atoms with Crippen molar-refractivity contribution in [1.29, 1.82) is 0 Å². The molecule has 5 rings (SSSR count). The van der Waals surface area contributed by atoms with Gasteiger partial charge in [0.1, 0.15) is 0 Å². The number of fused-ring (bicyclic) bond motifs is 5. The van der Waals surface area contributed by atoms with Gasteiger partial charge in [-0.1, -0.05) is 13.8 Å². The lowest BCUT2D eigenvalue weighted by atomic mass is 9.48. The Balaban J connectivity index is 1.36. The number of hydrogen-bond donors (Lipinski definition) is 1. The van der Waals surface area contributed by atoms with E-state index in [9.17, 15) is 5.11 Å². The van der Waals surface area contributed by atoms with Gasteiger partial charge in [-0.25, -0.2) is 0 Å². The summed E-state index contributed by atoms with van der Waals surface area (Å²) in [5.41, 5.74) is 0.418. The minimum absolute atomic E-state index is 0.218. The topological polar surface area (TPSA) is 32.8 Å². The number of rotatable bonds is 2. The molecule has 0 spiro atoms. The highest BCUT2D eigenvalue weighted by atomic mass is 16.6. The maximum absolute atomic E-state index is 10.8. The third-order valence-electron chi connectivity index (χ3n) is 10.1. The van der Waals surface area contributed by atoms with Gasteiger partial charge >= 0.3 is 0 Å². The van der Waals surface area contributed by atoms with E-state index in [1.54, 1.807) is 0 Å². The fraction of sp³-hybridized carbons (Fsp3) is 1.00.